The number of halogens is 3. The quantitative estimate of drug-likeness (QED) is 0.337. The predicted molar refractivity (Wildman–Crippen MR) is 149 cm³/mol. The van der Waals surface area contributed by atoms with E-state index >= 15 is 0 Å². The molecule has 2 aliphatic rings. The van der Waals surface area contributed by atoms with E-state index < -0.39 is 17.8 Å². The average molecular weight is 603 g/mol. The van der Waals surface area contributed by atoms with Crippen LogP contribution in [-0.2, 0) is 28.8 Å². The number of urea groups is 1. The van der Waals surface area contributed by atoms with E-state index in [1.165, 1.54) is 23.3 Å². The Morgan fingerprint density at radius 1 is 0.930 bits per heavy atom. The van der Waals surface area contributed by atoms with Crippen LogP contribution in [0.1, 0.15) is 23.3 Å². The smallest absolute Gasteiger partial charge is 0.416 e. The Labute approximate surface area is 246 Å². The molecule has 0 atom stereocenters. The first-order chi connectivity index (χ1) is 20.7. The number of benzene rings is 2. The number of rotatable bonds is 11. The predicted octanol–water partition coefficient (Wildman–Crippen LogP) is 4.81. The van der Waals surface area contributed by atoms with Crippen LogP contribution in [0.4, 0.5) is 23.7 Å². The molecule has 3 heterocycles. The van der Waals surface area contributed by atoms with Gasteiger partial charge in [-0.3, -0.25) is 9.69 Å². The van der Waals surface area contributed by atoms with E-state index in [0.29, 0.717) is 43.4 Å². The van der Waals surface area contributed by atoms with Crippen LogP contribution < -0.4 is 14.8 Å². The van der Waals surface area contributed by atoms with Crippen molar-refractivity contribution in [1.29, 1.82) is 0 Å². The van der Waals surface area contributed by atoms with Crippen molar-refractivity contribution in [3.05, 3.63) is 77.7 Å². The number of carbonyl (C=O) groups is 2. The molecule has 0 bridgehead atoms. The van der Waals surface area contributed by atoms with Crippen molar-refractivity contribution in [2.45, 2.75) is 25.7 Å². The summed E-state index contributed by atoms with van der Waals surface area (Å²) < 4.78 is 61.5. The number of ether oxygens (including phenoxy) is 3. The molecule has 0 saturated carbocycles. The molecule has 0 spiro atoms. The fourth-order valence-corrected chi connectivity index (χ4v) is 4.88. The van der Waals surface area contributed by atoms with Gasteiger partial charge in [-0.05, 0) is 54.4 Å². The van der Waals surface area contributed by atoms with Crippen molar-refractivity contribution in [2.75, 3.05) is 58.0 Å². The molecule has 0 radical (unpaired) electrons. The molecule has 1 fully saturated rings. The van der Waals surface area contributed by atoms with Crippen LogP contribution in [0.15, 0.2) is 65.3 Å². The number of carbonyl (C=O) groups excluding carboxylic acids is 2. The third-order valence-corrected chi connectivity index (χ3v) is 7.15. The second kappa shape index (κ2) is 13.8. The number of hydrogen-bond acceptors (Lipinski definition) is 7. The molecule has 0 aliphatic carbocycles. The van der Waals surface area contributed by atoms with E-state index in [9.17, 15) is 22.8 Å². The molecule has 2 aromatic carbocycles. The summed E-state index contributed by atoms with van der Waals surface area (Å²) in [6, 6.07) is 12.6. The van der Waals surface area contributed by atoms with Crippen molar-refractivity contribution < 1.29 is 41.4 Å². The molecule has 43 heavy (non-hydrogen) atoms. The number of fused-ring (bicyclic) bond motifs is 1. The molecule has 1 saturated heterocycles. The molecular weight excluding hydrogens is 569 g/mol. The lowest BCUT2D eigenvalue weighted by atomic mass is 10.2. The van der Waals surface area contributed by atoms with Gasteiger partial charge in [-0.25, -0.2) is 4.79 Å². The van der Waals surface area contributed by atoms with Gasteiger partial charge in [0.2, 0.25) is 12.7 Å². The van der Waals surface area contributed by atoms with Crippen LogP contribution in [0.5, 0.6) is 11.5 Å². The Morgan fingerprint density at radius 3 is 2.51 bits per heavy atom. The lowest BCUT2D eigenvalue weighted by molar-refractivity contribution is -0.137. The summed E-state index contributed by atoms with van der Waals surface area (Å²) in [5.74, 6) is 1.39. The first-order valence-corrected chi connectivity index (χ1v) is 14.0. The van der Waals surface area contributed by atoms with Crippen molar-refractivity contribution >= 4 is 17.6 Å². The van der Waals surface area contributed by atoms with Crippen LogP contribution in [-0.4, -0.2) is 79.4 Å². The van der Waals surface area contributed by atoms with E-state index in [1.54, 1.807) is 29.2 Å². The number of amides is 3. The highest BCUT2D eigenvalue weighted by atomic mass is 19.4. The van der Waals surface area contributed by atoms with Crippen LogP contribution in [0, 0.1) is 0 Å². The third-order valence-electron chi connectivity index (χ3n) is 7.15. The molecule has 0 unspecified atom stereocenters. The van der Waals surface area contributed by atoms with E-state index in [2.05, 4.69) is 10.2 Å². The Balaban J connectivity index is 1.31. The summed E-state index contributed by atoms with van der Waals surface area (Å²) in [6.45, 7) is 3.85. The van der Waals surface area contributed by atoms with Gasteiger partial charge in [0.05, 0.1) is 31.6 Å². The van der Waals surface area contributed by atoms with E-state index in [-0.39, 0.29) is 44.6 Å². The SMILES string of the molecule is O=C(CN(CCCN1CCOCC1)C(=O)Nc1cccc(C(F)(F)F)c1)N(Cc1ccc2c(c1)OCO2)Cc1ccco1. The topological polar surface area (TPSA) is 96.7 Å². The summed E-state index contributed by atoms with van der Waals surface area (Å²) >= 11 is 0. The summed E-state index contributed by atoms with van der Waals surface area (Å²) in [7, 11) is 0. The second-order valence-electron chi connectivity index (χ2n) is 10.3. The normalized spacial score (nSPS) is 14.9. The molecule has 2 aliphatic heterocycles. The number of alkyl halides is 3. The third kappa shape index (κ3) is 8.42. The van der Waals surface area contributed by atoms with Gasteiger partial charge in [0.25, 0.3) is 0 Å². The van der Waals surface area contributed by atoms with Gasteiger partial charge in [-0.1, -0.05) is 12.1 Å². The first-order valence-electron chi connectivity index (χ1n) is 14.0. The number of hydrogen-bond donors (Lipinski definition) is 1. The minimum absolute atomic E-state index is 0.0155. The molecule has 3 amide bonds. The van der Waals surface area contributed by atoms with Crippen LogP contribution in [0.3, 0.4) is 0 Å². The van der Waals surface area contributed by atoms with Crippen molar-refractivity contribution in [1.82, 2.24) is 14.7 Å². The highest BCUT2D eigenvalue weighted by Crippen LogP contribution is 2.33. The largest absolute Gasteiger partial charge is 0.467 e. The molecule has 13 heteroatoms. The molecular formula is C30H33F3N4O6. The highest BCUT2D eigenvalue weighted by Gasteiger charge is 2.31. The van der Waals surface area contributed by atoms with Crippen molar-refractivity contribution in [2.24, 2.45) is 0 Å². The van der Waals surface area contributed by atoms with Gasteiger partial charge in [-0.2, -0.15) is 13.2 Å². The minimum Gasteiger partial charge on any atom is -0.467 e. The lowest BCUT2D eigenvalue weighted by Gasteiger charge is -2.30. The van der Waals surface area contributed by atoms with Crippen LogP contribution >= 0.6 is 0 Å². The zero-order valence-corrected chi connectivity index (χ0v) is 23.5. The number of nitrogens with one attached hydrogen (secondary N) is 1. The number of morpholine rings is 1. The fraction of sp³-hybridized carbons (Fsp3) is 0.400. The summed E-state index contributed by atoms with van der Waals surface area (Å²) in [5.41, 5.74) is -0.108. The zero-order chi connectivity index (χ0) is 30.2. The van der Waals surface area contributed by atoms with Gasteiger partial charge < -0.3 is 33.7 Å². The lowest BCUT2D eigenvalue weighted by Crippen LogP contribution is -2.45. The molecule has 1 N–H and O–H groups in total. The Bertz CT molecular complexity index is 1380. The van der Waals surface area contributed by atoms with Gasteiger partial charge in [0.1, 0.15) is 12.3 Å². The van der Waals surface area contributed by atoms with Gasteiger partial charge in [-0.15, -0.1) is 0 Å². The Kier molecular flexibility index (Phi) is 9.72. The molecule has 230 valence electrons. The molecule has 10 nitrogen and oxygen atoms in total. The van der Waals surface area contributed by atoms with Crippen LogP contribution in [0.25, 0.3) is 0 Å². The minimum atomic E-state index is -4.56. The van der Waals surface area contributed by atoms with Crippen LogP contribution in [0.2, 0.25) is 0 Å². The summed E-state index contributed by atoms with van der Waals surface area (Å²) in [6.07, 6.45) is -2.49. The molecule has 3 aromatic rings. The highest BCUT2D eigenvalue weighted by molar-refractivity contribution is 5.92. The van der Waals surface area contributed by atoms with E-state index in [0.717, 1.165) is 30.8 Å². The second-order valence-corrected chi connectivity index (χ2v) is 10.3. The fourth-order valence-electron chi connectivity index (χ4n) is 4.88. The standard InChI is InChI=1S/C30H33F3N4O6/c31-30(32,33)23-4-1-5-24(17-23)34-29(39)36(10-3-9-35-11-14-40-15-12-35)20-28(38)37(19-25-6-2-13-41-25)18-22-7-8-26-27(16-22)43-21-42-26/h1-2,4-8,13,16-17H,3,9-12,14-15,18-21H2,(H,34,39). The maximum absolute atomic E-state index is 13.8. The van der Waals surface area contributed by atoms with Gasteiger partial charge >= 0.3 is 12.2 Å². The Morgan fingerprint density at radius 2 is 1.74 bits per heavy atom. The van der Waals surface area contributed by atoms with E-state index in [1.807, 2.05) is 6.07 Å². The summed E-state index contributed by atoms with van der Waals surface area (Å²) in [4.78, 5) is 32.2. The average Bonchev–Trinajstić information content (AvgIpc) is 3.68. The molecule has 5 rings (SSSR count). The maximum atomic E-state index is 13.8. The maximum Gasteiger partial charge on any atom is 0.416 e. The molecule has 1 aromatic heterocycles. The van der Waals surface area contributed by atoms with Gasteiger partial charge in [0.15, 0.2) is 11.5 Å². The van der Waals surface area contributed by atoms with Gasteiger partial charge in [0, 0.05) is 38.4 Å². The number of furan rings is 1. The Hall–Kier alpha value is -4.23. The number of anilines is 1. The first kappa shape index (κ1) is 30.2. The van der Waals surface area contributed by atoms with Crippen molar-refractivity contribution in [3.8, 4) is 11.5 Å². The number of nitrogens with zero attached hydrogens (tertiary/aromatic N) is 3. The zero-order valence-electron chi connectivity index (χ0n) is 23.5. The van der Waals surface area contributed by atoms with Crippen molar-refractivity contribution in [3.63, 3.8) is 0 Å². The summed E-state index contributed by atoms with van der Waals surface area (Å²) in [5, 5.41) is 2.54. The van der Waals surface area contributed by atoms with E-state index in [4.69, 9.17) is 18.6 Å². The monoisotopic (exact) mass is 602 g/mol.